The summed E-state index contributed by atoms with van der Waals surface area (Å²) in [6.07, 6.45) is 4.97. The number of anilines is 1. The summed E-state index contributed by atoms with van der Waals surface area (Å²) in [7, 11) is 0. The van der Waals surface area contributed by atoms with E-state index in [0.717, 1.165) is 24.8 Å². The maximum Gasteiger partial charge on any atom is 0.325 e. The van der Waals surface area contributed by atoms with Crippen molar-refractivity contribution in [1.82, 2.24) is 4.90 Å². The standard InChI is InChI=1S/C18H21N4O3/c19-14(23)10-18(7-8-18)11-3-5-12(6-4-11)22-15(16(20)24)13-2-1-9-21(13)17(22)25/h2-6,13,15H,1,7-10H2,(H2,19,23)(H2,20,24)/t13-,15?/m1/s1. The first-order chi connectivity index (χ1) is 11.9. The average Bonchev–Trinajstić information content (AvgIpc) is 3.07. The van der Waals surface area contributed by atoms with Crippen LogP contribution < -0.4 is 16.4 Å². The van der Waals surface area contributed by atoms with Crippen molar-refractivity contribution in [3.8, 4) is 0 Å². The highest BCUT2D eigenvalue weighted by Crippen LogP contribution is 2.51. The molecule has 3 aliphatic rings. The Hall–Kier alpha value is -2.57. The van der Waals surface area contributed by atoms with Crippen molar-refractivity contribution in [2.75, 3.05) is 11.4 Å². The molecule has 1 saturated carbocycles. The van der Waals surface area contributed by atoms with Crippen molar-refractivity contribution in [2.45, 2.75) is 43.2 Å². The number of fused-ring (bicyclic) bond motifs is 1. The molecule has 0 aromatic heterocycles. The highest BCUT2D eigenvalue weighted by molar-refractivity contribution is 6.04. The molecular weight excluding hydrogens is 320 g/mol. The number of nitrogens with two attached hydrogens (primary N) is 2. The lowest BCUT2D eigenvalue weighted by molar-refractivity contribution is -0.120. The highest BCUT2D eigenvalue weighted by Gasteiger charge is 2.51. The zero-order chi connectivity index (χ0) is 17.8. The lowest BCUT2D eigenvalue weighted by Crippen LogP contribution is -2.46. The molecule has 1 aromatic rings. The van der Waals surface area contributed by atoms with Gasteiger partial charge in [-0.2, -0.15) is 0 Å². The van der Waals surface area contributed by atoms with Crippen LogP contribution in [0.2, 0.25) is 0 Å². The SMILES string of the molecule is NC(=O)CC1(c2ccc(N3C(=O)N4CC[CH][C@@H]4C3C(N)=O)cc2)CC1. The second-order valence-electron chi connectivity index (χ2n) is 7.18. The van der Waals surface area contributed by atoms with E-state index < -0.39 is 11.9 Å². The van der Waals surface area contributed by atoms with Crippen molar-refractivity contribution < 1.29 is 14.4 Å². The Labute approximate surface area is 145 Å². The van der Waals surface area contributed by atoms with Crippen LogP contribution in [0.25, 0.3) is 0 Å². The highest BCUT2D eigenvalue weighted by atomic mass is 16.2. The van der Waals surface area contributed by atoms with Gasteiger partial charge in [-0.3, -0.25) is 14.5 Å². The van der Waals surface area contributed by atoms with E-state index in [4.69, 9.17) is 11.5 Å². The maximum absolute atomic E-state index is 12.7. The molecule has 1 aromatic carbocycles. The van der Waals surface area contributed by atoms with Gasteiger partial charge in [0, 0.05) is 24.1 Å². The predicted molar refractivity (Wildman–Crippen MR) is 91.4 cm³/mol. The van der Waals surface area contributed by atoms with E-state index >= 15 is 0 Å². The summed E-state index contributed by atoms with van der Waals surface area (Å²) in [5.41, 5.74) is 12.5. The zero-order valence-electron chi connectivity index (χ0n) is 13.9. The molecule has 2 heterocycles. The van der Waals surface area contributed by atoms with Gasteiger partial charge in [0.25, 0.3) is 0 Å². The molecule has 7 heteroatoms. The first-order valence-electron chi connectivity index (χ1n) is 8.54. The molecule has 2 aliphatic heterocycles. The van der Waals surface area contributed by atoms with E-state index in [0.29, 0.717) is 18.7 Å². The van der Waals surface area contributed by atoms with Crippen LogP contribution in [-0.4, -0.2) is 41.4 Å². The number of rotatable bonds is 5. The molecule has 131 valence electrons. The summed E-state index contributed by atoms with van der Waals surface area (Å²) < 4.78 is 0. The average molecular weight is 341 g/mol. The van der Waals surface area contributed by atoms with Crippen LogP contribution in [0.4, 0.5) is 10.5 Å². The zero-order valence-corrected chi connectivity index (χ0v) is 13.9. The molecule has 1 radical (unpaired) electrons. The second-order valence-corrected chi connectivity index (χ2v) is 7.18. The summed E-state index contributed by atoms with van der Waals surface area (Å²) in [4.78, 5) is 39.1. The minimum atomic E-state index is -0.679. The van der Waals surface area contributed by atoms with Crippen molar-refractivity contribution in [3.05, 3.63) is 36.2 Å². The summed E-state index contributed by atoms with van der Waals surface area (Å²) in [6, 6.07) is 6.37. The molecule has 7 nitrogen and oxygen atoms in total. The Morgan fingerprint density at radius 2 is 1.84 bits per heavy atom. The normalized spacial score (nSPS) is 26.6. The van der Waals surface area contributed by atoms with Crippen LogP contribution in [0.3, 0.4) is 0 Å². The Bertz CT molecular complexity index is 741. The molecule has 0 bridgehead atoms. The summed E-state index contributed by atoms with van der Waals surface area (Å²) in [5, 5.41) is 0. The maximum atomic E-state index is 12.7. The van der Waals surface area contributed by atoms with Crippen LogP contribution in [0.1, 0.15) is 31.2 Å². The number of amides is 4. The van der Waals surface area contributed by atoms with Gasteiger partial charge in [-0.25, -0.2) is 4.79 Å². The van der Waals surface area contributed by atoms with Gasteiger partial charge in [-0.15, -0.1) is 0 Å². The third kappa shape index (κ3) is 2.45. The van der Waals surface area contributed by atoms with Crippen LogP contribution in [0.15, 0.2) is 24.3 Å². The van der Waals surface area contributed by atoms with E-state index in [9.17, 15) is 14.4 Å². The molecular formula is C18H21N4O3. The summed E-state index contributed by atoms with van der Waals surface area (Å²) in [6.45, 7) is 0.615. The van der Waals surface area contributed by atoms with E-state index in [1.54, 1.807) is 4.90 Å². The Balaban J connectivity index is 1.62. The molecule has 1 aliphatic carbocycles. The minimum absolute atomic E-state index is 0.156. The molecule has 4 N–H and O–H groups in total. The third-order valence-electron chi connectivity index (χ3n) is 5.61. The van der Waals surface area contributed by atoms with Gasteiger partial charge in [0.15, 0.2) is 0 Å². The van der Waals surface area contributed by atoms with Crippen molar-refractivity contribution in [3.63, 3.8) is 0 Å². The number of hydrogen-bond acceptors (Lipinski definition) is 3. The van der Waals surface area contributed by atoms with Crippen LogP contribution in [0.5, 0.6) is 0 Å². The largest absolute Gasteiger partial charge is 0.370 e. The molecule has 0 spiro atoms. The number of urea groups is 1. The van der Waals surface area contributed by atoms with Gasteiger partial charge in [0.1, 0.15) is 6.04 Å². The lowest BCUT2D eigenvalue weighted by atomic mass is 9.92. The van der Waals surface area contributed by atoms with Crippen molar-refractivity contribution in [2.24, 2.45) is 11.5 Å². The Morgan fingerprint density at radius 3 is 2.40 bits per heavy atom. The smallest absolute Gasteiger partial charge is 0.325 e. The van der Waals surface area contributed by atoms with Gasteiger partial charge < -0.3 is 16.4 Å². The van der Waals surface area contributed by atoms with E-state index in [-0.39, 0.29) is 23.4 Å². The second kappa shape index (κ2) is 5.47. The van der Waals surface area contributed by atoms with Gasteiger partial charge in [-0.05, 0) is 43.4 Å². The summed E-state index contributed by atoms with van der Waals surface area (Å²) >= 11 is 0. The summed E-state index contributed by atoms with van der Waals surface area (Å²) in [5.74, 6) is -0.809. The molecule has 2 saturated heterocycles. The van der Waals surface area contributed by atoms with Gasteiger partial charge in [0.2, 0.25) is 11.8 Å². The Morgan fingerprint density at radius 1 is 1.16 bits per heavy atom. The number of carbonyl (C=O) groups is 3. The third-order valence-corrected chi connectivity index (χ3v) is 5.61. The molecule has 3 fully saturated rings. The van der Waals surface area contributed by atoms with Crippen LogP contribution >= 0.6 is 0 Å². The molecule has 1 unspecified atom stereocenters. The van der Waals surface area contributed by atoms with Crippen molar-refractivity contribution >= 4 is 23.5 Å². The number of primary amides is 2. The number of benzene rings is 1. The monoisotopic (exact) mass is 341 g/mol. The molecule has 2 atom stereocenters. The predicted octanol–water partition coefficient (Wildman–Crippen LogP) is 0.666. The first kappa shape index (κ1) is 15.9. The van der Waals surface area contributed by atoms with Crippen molar-refractivity contribution in [1.29, 1.82) is 0 Å². The van der Waals surface area contributed by atoms with E-state index in [1.807, 2.05) is 30.7 Å². The van der Waals surface area contributed by atoms with E-state index in [2.05, 4.69) is 0 Å². The van der Waals surface area contributed by atoms with Gasteiger partial charge in [0.05, 0.1) is 6.04 Å². The number of carbonyl (C=O) groups excluding carboxylic acids is 3. The minimum Gasteiger partial charge on any atom is -0.370 e. The fourth-order valence-electron chi connectivity index (χ4n) is 4.19. The van der Waals surface area contributed by atoms with E-state index in [1.165, 1.54) is 4.90 Å². The molecule has 4 amide bonds. The topological polar surface area (TPSA) is 110 Å². The quantitative estimate of drug-likeness (QED) is 0.821. The van der Waals surface area contributed by atoms with Gasteiger partial charge >= 0.3 is 6.03 Å². The first-order valence-corrected chi connectivity index (χ1v) is 8.54. The lowest BCUT2D eigenvalue weighted by Gasteiger charge is -2.24. The molecule has 25 heavy (non-hydrogen) atoms. The van der Waals surface area contributed by atoms with Gasteiger partial charge in [-0.1, -0.05) is 12.1 Å². The van der Waals surface area contributed by atoms with Crippen LogP contribution in [0, 0.1) is 6.42 Å². The fraction of sp³-hybridized carbons (Fsp3) is 0.444. The van der Waals surface area contributed by atoms with Crippen LogP contribution in [-0.2, 0) is 15.0 Å². The number of nitrogens with zero attached hydrogens (tertiary/aromatic N) is 2. The number of hydrogen-bond donors (Lipinski definition) is 2. The fourth-order valence-corrected chi connectivity index (χ4v) is 4.19. The molecule has 4 rings (SSSR count). The Kier molecular flexibility index (Phi) is 3.49.